The Bertz CT molecular complexity index is 780. The summed E-state index contributed by atoms with van der Waals surface area (Å²) >= 11 is 4.90. The molecule has 0 spiro atoms. The Morgan fingerprint density at radius 1 is 1.33 bits per heavy atom. The highest BCUT2D eigenvalue weighted by Gasteiger charge is 2.34. The Hall–Kier alpha value is -1.61. The average Bonchev–Trinajstić information content (AvgIpc) is 3.01. The highest BCUT2D eigenvalue weighted by atomic mass is 79.9. The van der Waals surface area contributed by atoms with E-state index in [1.165, 1.54) is 16.9 Å². The van der Waals surface area contributed by atoms with Gasteiger partial charge in [-0.25, -0.2) is 9.50 Å². The molecule has 0 aliphatic heterocycles. The van der Waals surface area contributed by atoms with Crippen LogP contribution in [0.2, 0.25) is 0 Å². The Kier molecular flexibility index (Phi) is 3.62. The molecule has 21 heavy (non-hydrogen) atoms. The van der Waals surface area contributed by atoms with E-state index in [2.05, 4.69) is 31.3 Å². The molecular formula is C12H8BrF3N4S. The summed E-state index contributed by atoms with van der Waals surface area (Å²) < 4.78 is 40.2. The molecule has 3 aromatic rings. The zero-order valence-corrected chi connectivity index (χ0v) is 12.8. The van der Waals surface area contributed by atoms with E-state index in [0.717, 1.165) is 15.4 Å². The SMILES string of the molecule is FC(F)(F)c1cc2c(NCc3cc(Br)cs3)nccn2n1. The molecule has 0 saturated carbocycles. The van der Waals surface area contributed by atoms with Crippen LogP contribution in [0.25, 0.3) is 5.52 Å². The van der Waals surface area contributed by atoms with Crippen LogP contribution in [0.3, 0.4) is 0 Å². The van der Waals surface area contributed by atoms with Gasteiger partial charge in [-0.05, 0) is 22.0 Å². The fourth-order valence-corrected chi connectivity index (χ4v) is 3.20. The van der Waals surface area contributed by atoms with Gasteiger partial charge in [-0.2, -0.15) is 18.3 Å². The molecule has 0 unspecified atom stereocenters. The summed E-state index contributed by atoms with van der Waals surface area (Å²) in [5, 5.41) is 8.48. The lowest BCUT2D eigenvalue weighted by Gasteiger charge is -2.04. The van der Waals surface area contributed by atoms with Crippen molar-refractivity contribution < 1.29 is 13.2 Å². The maximum absolute atomic E-state index is 12.7. The summed E-state index contributed by atoms with van der Waals surface area (Å²) in [5.41, 5.74) is -0.641. The molecular weight excluding hydrogens is 369 g/mol. The molecule has 4 nitrogen and oxygen atoms in total. The van der Waals surface area contributed by atoms with Crippen LogP contribution in [0, 0.1) is 0 Å². The van der Waals surface area contributed by atoms with Gasteiger partial charge in [0.05, 0.1) is 6.54 Å². The van der Waals surface area contributed by atoms with E-state index in [9.17, 15) is 13.2 Å². The van der Waals surface area contributed by atoms with E-state index >= 15 is 0 Å². The van der Waals surface area contributed by atoms with E-state index in [0.29, 0.717) is 17.9 Å². The number of alkyl halides is 3. The van der Waals surface area contributed by atoms with Gasteiger partial charge in [-0.1, -0.05) is 0 Å². The molecule has 0 saturated heterocycles. The molecule has 1 N–H and O–H groups in total. The number of aromatic nitrogens is 3. The van der Waals surface area contributed by atoms with Crippen molar-refractivity contribution in [1.29, 1.82) is 0 Å². The minimum absolute atomic E-state index is 0.292. The van der Waals surface area contributed by atoms with E-state index in [1.807, 2.05) is 11.4 Å². The van der Waals surface area contributed by atoms with Crippen LogP contribution >= 0.6 is 27.3 Å². The summed E-state index contributed by atoms with van der Waals surface area (Å²) in [6.45, 7) is 0.482. The van der Waals surface area contributed by atoms with E-state index in [1.54, 1.807) is 11.3 Å². The van der Waals surface area contributed by atoms with Crippen LogP contribution in [0.4, 0.5) is 19.0 Å². The van der Waals surface area contributed by atoms with Gasteiger partial charge in [0.25, 0.3) is 0 Å². The van der Waals surface area contributed by atoms with Crippen LogP contribution < -0.4 is 5.32 Å². The second-order valence-electron chi connectivity index (χ2n) is 4.22. The van der Waals surface area contributed by atoms with Crippen molar-refractivity contribution in [3.8, 4) is 0 Å². The number of nitrogens with zero attached hydrogens (tertiary/aromatic N) is 3. The van der Waals surface area contributed by atoms with Crippen LogP contribution in [0.15, 0.2) is 34.4 Å². The maximum atomic E-state index is 12.7. The van der Waals surface area contributed by atoms with Crippen molar-refractivity contribution in [1.82, 2.24) is 14.6 Å². The summed E-state index contributed by atoms with van der Waals surface area (Å²) in [6, 6.07) is 2.93. The predicted octanol–water partition coefficient (Wildman–Crippen LogP) is 4.18. The number of hydrogen-bond donors (Lipinski definition) is 1. The first-order chi connectivity index (χ1) is 9.93. The number of thiophene rings is 1. The fourth-order valence-electron chi connectivity index (χ4n) is 1.81. The highest BCUT2D eigenvalue weighted by molar-refractivity contribution is 9.10. The highest BCUT2D eigenvalue weighted by Crippen LogP contribution is 2.30. The maximum Gasteiger partial charge on any atom is 0.435 e. The van der Waals surface area contributed by atoms with Gasteiger partial charge in [-0.15, -0.1) is 11.3 Å². The largest absolute Gasteiger partial charge is 0.435 e. The molecule has 3 rings (SSSR count). The molecule has 3 heterocycles. The van der Waals surface area contributed by atoms with E-state index in [-0.39, 0.29) is 0 Å². The summed E-state index contributed by atoms with van der Waals surface area (Å²) in [6.07, 6.45) is -1.67. The molecule has 3 aromatic heterocycles. The molecule has 0 radical (unpaired) electrons. The van der Waals surface area contributed by atoms with Crippen molar-refractivity contribution in [2.75, 3.05) is 5.32 Å². The van der Waals surface area contributed by atoms with Gasteiger partial charge < -0.3 is 5.32 Å². The van der Waals surface area contributed by atoms with Gasteiger partial charge in [-0.3, -0.25) is 0 Å². The number of halogens is 4. The number of hydrogen-bond acceptors (Lipinski definition) is 4. The summed E-state index contributed by atoms with van der Waals surface area (Å²) in [4.78, 5) is 5.12. The topological polar surface area (TPSA) is 42.2 Å². The Balaban J connectivity index is 1.89. The summed E-state index contributed by atoms with van der Waals surface area (Å²) in [5.74, 6) is 0.366. The van der Waals surface area contributed by atoms with Crippen molar-refractivity contribution in [2.45, 2.75) is 12.7 Å². The Labute approximate surface area is 129 Å². The normalized spacial score (nSPS) is 12.0. The molecule has 110 valence electrons. The second-order valence-corrected chi connectivity index (χ2v) is 6.13. The smallest absolute Gasteiger partial charge is 0.363 e. The van der Waals surface area contributed by atoms with Crippen LogP contribution in [0.5, 0.6) is 0 Å². The van der Waals surface area contributed by atoms with Crippen molar-refractivity contribution in [3.05, 3.63) is 45.0 Å². The van der Waals surface area contributed by atoms with E-state index in [4.69, 9.17) is 0 Å². The lowest BCUT2D eigenvalue weighted by atomic mass is 10.3. The molecule has 0 atom stereocenters. The van der Waals surface area contributed by atoms with Gasteiger partial charge in [0.1, 0.15) is 5.52 Å². The first kappa shape index (κ1) is 14.3. The second kappa shape index (κ2) is 5.30. The van der Waals surface area contributed by atoms with E-state index < -0.39 is 11.9 Å². The van der Waals surface area contributed by atoms with Gasteiger partial charge in [0, 0.05) is 33.2 Å². The van der Waals surface area contributed by atoms with Crippen LogP contribution in [-0.4, -0.2) is 14.6 Å². The molecule has 0 bridgehead atoms. The predicted molar refractivity (Wildman–Crippen MR) is 77.3 cm³/mol. The molecule has 0 aliphatic rings. The van der Waals surface area contributed by atoms with Gasteiger partial charge in [0.15, 0.2) is 11.5 Å². The third kappa shape index (κ3) is 3.03. The van der Waals surface area contributed by atoms with Crippen molar-refractivity contribution in [2.24, 2.45) is 0 Å². The fraction of sp³-hybridized carbons (Fsp3) is 0.167. The molecule has 9 heteroatoms. The molecule has 0 aliphatic carbocycles. The van der Waals surface area contributed by atoms with Crippen molar-refractivity contribution >= 4 is 38.6 Å². The lowest BCUT2D eigenvalue weighted by molar-refractivity contribution is -0.141. The zero-order chi connectivity index (χ0) is 15.0. The van der Waals surface area contributed by atoms with Crippen LogP contribution in [-0.2, 0) is 12.7 Å². The first-order valence-corrected chi connectivity index (χ1v) is 7.49. The lowest BCUT2D eigenvalue weighted by Crippen LogP contribution is -2.05. The minimum Gasteiger partial charge on any atom is -0.363 e. The Morgan fingerprint density at radius 3 is 2.81 bits per heavy atom. The summed E-state index contributed by atoms with van der Waals surface area (Å²) in [7, 11) is 0. The number of rotatable bonds is 3. The standard InChI is InChI=1S/C12H8BrF3N4S/c13-7-3-8(21-6-7)5-18-11-9-4-10(12(14,15)16)19-20(9)2-1-17-11/h1-4,6H,5H2,(H,17,18). The Morgan fingerprint density at radius 2 is 2.14 bits per heavy atom. The number of nitrogens with one attached hydrogen (secondary N) is 1. The van der Waals surface area contributed by atoms with Gasteiger partial charge >= 0.3 is 6.18 Å². The zero-order valence-electron chi connectivity index (χ0n) is 10.4. The third-order valence-corrected chi connectivity index (χ3v) is 4.43. The molecule has 0 aromatic carbocycles. The number of fused-ring (bicyclic) bond motifs is 1. The monoisotopic (exact) mass is 376 g/mol. The van der Waals surface area contributed by atoms with Gasteiger partial charge in [0.2, 0.25) is 0 Å². The van der Waals surface area contributed by atoms with Crippen molar-refractivity contribution in [3.63, 3.8) is 0 Å². The molecule has 0 fully saturated rings. The quantitative estimate of drug-likeness (QED) is 0.745. The van der Waals surface area contributed by atoms with Crippen LogP contribution in [0.1, 0.15) is 10.6 Å². The average molecular weight is 377 g/mol. The first-order valence-electron chi connectivity index (χ1n) is 5.82. The number of anilines is 1. The third-order valence-electron chi connectivity index (χ3n) is 2.73. The molecule has 0 amide bonds. The minimum atomic E-state index is -4.47.